The molecule has 2 heterocycles. The summed E-state index contributed by atoms with van der Waals surface area (Å²) in [7, 11) is 0. The zero-order valence-corrected chi connectivity index (χ0v) is 16.6. The summed E-state index contributed by atoms with van der Waals surface area (Å²) in [5.41, 5.74) is 3.40. The zero-order valence-electron chi connectivity index (χ0n) is 16.6. The number of rotatable bonds is 5. The van der Waals surface area contributed by atoms with Crippen LogP contribution in [0.3, 0.4) is 0 Å². The number of fused-ring (bicyclic) bond motifs is 1. The van der Waals surface area contributed by atoms with Crippen molar-refractivity contribution in [2.45, 2.75) is 37.8 Å². The van der Waals surface area contributed by atoms with Crippen LogP contribution in [0.2, 0.25) is 0 Å². The van der Waals surface area contributed by atoms with E-state index in [1.54, 1.807) is 6.33 Å². The summed E-state index contributed by atoms with van der Waals surface area (Å²) < 4.78 is 1.98. The molecule has 2 aromatic heterocycles. The van der Waals surface area contributed by atoms with Gasteiger partial charge < -0.3 is 15.7 Å². The minimum absolute atomic E-state index is 0.193. The minimum atomic E-state index is -0.193. The number of aliphatic hydroxyl groups is 1. The van der Waals surface area contributed by atoms with Gasteiger partial charge in [0.1, 0.15) is 6.33 Å². The van der Waals surface area contributed by atoms with Gasteiger partial charge in [0.25, 0.3) is 0 Å². The van der Waals surface area contributed by atoms with E-state index in [1.165, 1.54) is 0 Å². The number of anilines is 3. The van der Waals surface area contributed by atoms with E-state index in [4.69, 9.17) is 9.97 Å². The Morgan fingerprint density at radius 3 is 2.30 bits per heavy atom. The SMILES string of the molecule is OC1CCC(Nc2nc(Nc3ccccc3)c3ncn(-c4ccccc4)c3n2)CC1. The van der Waals surface area contributed by atoms with Gasteiger partial charge in [-0.1, -0.05) is 36.4 Å². The predicted molar refractivity (Wildman–Crippen MR) is 118 cm³/mol. The van der Waals surface area contributed by atoms with E-state index < -0.39 is 0 Å². The van der Waals surface area contributed by atoms with Crippen molar-refractivity contribution in [3.05, 3.63) is 67.0 Å². The third-order valence-electron chi connectivity index (χ3n) is 5.50. The number of benzene rings is 2. The van der Waals surface area contributed by atoms with Crippen molar-refractivity contribution in [2.75, 3.05) is 10.6 Å². The van der Waals surface area contributed by atoms with Gasteiger partial charge in [-0.2, -0.15) is 9.97 Å². The van der Waals surface area contributed by atoms with Gasteiger partial charge >= 0.3 is 0 Å². The molecular formula is C23H24N6O. The van der Waals surface area contributed by atoms with Crippen molar-refractivity contribution in [3.8, 4) is 5.69 Å². The average Bonchev–Trinajstić information content (AvgIpc) is 3.21. The molecule has 7 heteroatoms. The Kier molecular flexibility index (Phi) is 5.03. The number of imidazole rings is 1. The molecule has 30 heavy (non-hydrogen) atoms. The van der Waals surface area contributed by atoms with Gasteiger partial charge in [-0.05, 0) is 49.9 Å². The highest BCUT2D eigenvalue weighted by Crippen LogP contribution is 2.28. The highest BCUT2D eigenvalue weighted by molar-refractivity contribution is 5.87. The molecule has 0 radical (unpaired) electrons. The van der Waals surface area contributed by atoms with E-state index >= 15 is 0 Å². The molecule has 0 spiro atoms. The van der Waals surface area contributed by atoms with E-state index in [9.17, 15) is 5.11 Å². The quantitative estimate of drug-likeness (QED) is 0.464. The van der Waals surface area contributed by atoms with Crippen LogP contribution in [0.5, 0.6) is 0 Å². The van der Waals surface area contributed by atoms with E-state index in [2.05, 4.69) is 15.6 Å². The molecule has 7 nitrogen and oxygen atoms in total. The first-order chi connectivity index (χ1) is 14.8. The number of para-hydroxylation sites is 2. The number of aliphatic hydroxyl groups excluding tert-OH is 1. The monoisotopic (exact) mass is 400 g/mol. The molecular weight excluding hydrogens is 376 g/mol. The zero-order chi connectivity index (χ0) is 20.3. The molecule has 3 N–H and O–H groups in total. The Bertz CT molecular complexity index is 1120. The van der Waals surface area contributed by atoms with Crippen LogP contribution in [0.25, 0.3) is 16.9 Å². The molecule has 0 amide bonds. The van der Waals surface area contributed by atoms with Gasteiger partial charge in [0, 0.05) is 17.4 Å². The fourth-order valence-electron chi connectivity index (χ4n) is 3.89. The number of aromatic nitrogens is 4. The lowest BCUT2D eigenvalue weighted by molar-refractivity contribution is 0.126. The lowest BCUT2D eigenvalue weighted by Crippen LogP contribution is -2.29. The van der Waals surface area contributed by atoms with Crippen molar-refractivity contribution in [1.29, 1.82) is 0 Å². The van der Waals surface area contributed by atoms with Crippen LogP contribution < -0.4 is 10.6 Å². The molecule has 152 valence electrons. The molecule has 1 aliphatic rings. The maximum Gasteiger partial charge on any atom is 0.227 e. The van der Waals surface area contributed by atoms with Crippen LogP contribution >= 0.6 is 0 Å². The third-order valence-corrected chi connectivity index (χ3v) is 5.50. The van der Waals surface area contributed by atoms with Crippen LogP contribution in [-0.4, -0.2) is 36.8 Å². The van der Waals surface area contributed by atoms with E-state index in [-0.39, 0.29) is 12.1 Å². The van der Waals surface area contributed by atoms with Gasteiger partial charge in [-0.15, -0.1) is 0 Å². The molecule has 1 aliphatic carbocycles. The second-order valence-corrected chi connectivity index (χ2v) is 7.66. The molecule has 0 aliphatic heterocycles. The Morgan fingerprint density at radius 2 is 1.57 bits per heavy atom. The van der Waals surface area contributed by atoms with Crippen molar-refractivity contribution in [1.82, 2.24) is 19.5 Å². The predicted octanol–water partition coefficient (Wildman–Crippen LogP) is 4.27. The first-order valence-corrected chi connectivity index (χ1v) is 10.3. The Morgan fingerprint density at radius 1 is 0.867 bits per heavy atom. The number of nitrogens with zero attached hydrogens (tertiary/aromatic N) is 4. The lowest BCUT2D eigenvalue weighted by atomic mass is 9.93. The second kappa shape index (κ2) is 8.12. The summed E-state index contributed by atoms with van der Waals surface area (Å²) in [5.74, 6) is 1.24. The smallest absolute Gasteiger partial charge is 0.227 e. The molecule has 1 fully saturated rings. The summed E-state index contributed by atoms with van der Waals surface area (Å²) in [6.07, 6.45) is 5.00. The summed E-state index contributed by atoms with van der Waals surface area (Å²) in [5, 5.41) is 16.7. The molecule has 1 saturated carbocycles. The largest absolute Gasteiger partial charge is 0.393 e. The molecule has 4 aromatic rings. The Hall–Kier alpha value is -3.45. The molecule has 5 rings (SSSR count). The van der Waals surface area contributed by atoms with Gasteiger partial charge in [-0.3, -0.25) is 4.57 Å². The third kappa shape index (κ3) is 3.84. The van der Waals surface area contributed by atoms with Crippen molar-refractivity contribution in [2.24, 2.45) is 0 Å². The van der Waals surface area contributed by atoms with Crippen LogP contribution in [0, 0.1) is 0 Å². The summed E-state index contributed by atoms with van der Waals surface area (Å²) in [4.78, 5) is 14.2. The fourth-order valence-corrected chi connectivity index (χ4v) is 3.89. The van der Waals surface area contributed by atoms with Gasteiger partial charge in [0.05, 0.1) is 6.10 Å². The van der Waals surface area contributed by atoms with Gasteiger partial charge in [0.2, 0.25) is 5.95 Å². The molecule has 2 aromatic carbocycles. The fraction of sp³-hybridized carbons (Fsp3) is 0.261. The normalized spacial score (nSPS) is 19.0. The number of nitrogens with one attached hydrogen (secondary N) is 2. The average molecular weight is 400 g/mol. The lowest BCUT2D eigenvalue weighted by Gasteiger charge is -2.26. The van der Waals surface area contributed by atoms with E-state index in [0.29, 0.717) is 17.3 Å². The van der Waals surface area contributed by atoms with E-state index in [0.717, 1.165) is 42.7 Å². The number of hydrogen-bond acceptors (Lipinski definition) is 6. The second-order valence-electron chi connectivity index (χ2n) is 7.66. The highest BCUT2D eigenvalue weighted by atomic mass is 16.3. The summed E-state index contributed by atoms with van der Waals surface area (Å²) in [6.45, 7) is 0. The van der Waals surface area contributed by atoms with Crippen LogP contribution in [0.15, 0.2) is 67.0 Å². The highest BCUT2D eigenvalue weighted by Gasteiger charge is 2.21. The Balaban J connectivity index is 1.55. The maximum atomic E-state index is 9.80. The van der Waals surface area contributed by atoms with Crippen molar-refractivity contribution < 1.29 is 5.11 Å². The van der Waals surface area contributed by atoms with Crippen molar-refractivity contribution >= 4 is 28.6 Å². The topological polar surface area (TPSA) is 87.9 Å². The van der Waals surface area contributed by atoms with Crippen molar-refractivity contribution in [3.63, 3.8) is 0 Å². The van der Waals surface area contributed by atoms with Crippen LogP contribution in [-0.2, 0) is 0 Å². The van der Waals surface area contributed by atoms with Gasteiger partial charge in [-0.25, -0.2) is 4.98 Å². The van der Waals surface area contributed by atoms with Crippen LogP contribution in [0.1, 0.15) is 25.7 Å². The standard InChI is InChI=1S/C23H24N6O/c30-19-13-11-17(12-14-19)26-23-27-21(25-16-7-3-1-4-8-16)20-22(28-23)29(15-24-20)18-9-5-2-6-10-18/h1-10,15,17,19,30H,11-14H2,(H2,25,26,27,28). The molecule has 0 saturated heterocycles. The van der Waals surface area contributed by atoms with Gasteiger partial charge in [0.15, 0.2) is 17.0 Å². The minimum Gasteiger partial charge on any atom is -0.393 e. The van der Waals surface area contributed by atoms with Crippen LogP contribution in [0.4, 0.5) is 17.5 Å². The summed E-state index contributed by atoms with van der Waals surface area (Å²) >= 11 is 0. The molecule has 0 atom stereocenters. The first-order valence-electron chi connectivity index (χ1n) is 10.3. The first kappa shape index (κ1) is 18.6. The Labute approximate surface area is 174 Å². The molecule has 0 unspecified atom stereocenters. The maximum absolute atomic E-state index is 9.80. The summed E-state index contributed by atoms with van der Waals surface area (Å²) in [6, 6.07) is 20.2. The van der Waals surface area contributed by atoms with E-state index in [1.807, 2.05) is 65.2 Å². The molecule has 0 bridgehead atoms. The number of hydrogen-bond donors (Lipinski definition) is 3.